The number of benzene rings is 2. The van der Waals surface area contributed by atoms with Gasteiger partial charge in [0.05, 0.1) is 13.5 Å². The van der Waals surface area contributed by atoms with Gasteiger partial charge in [0, 0.05) is 6.42 Å². The van der Waals surface area contributed by atoms with Gasteiger partial charge < -0.3 is 24.8 Å². The van der Waals surface area contributed by atoms with Crippen LogP contribution in [0.25, 0.3) is 10.8 Å². The maximum absolute atomic E-state index is 12.6. The summed E-state index contributed by atoms with van der Waals surface area (Å²) in [6.07, 6.45) is -1.44. The van der Waals surface area contributed by atoms with Gasteiger partial charge in [-0.15, -0.1) is 0 Å². The van der Waals surface area contributed by atoms with E-state index < -0.39 is 41.8 Å². The van der Waals surface area contributed by atoms with E-state index in [2.05, 4.69) is 4.74 Å². The van der Waals surface area contributed by atoms with Crippen LogP contribution in [0.3, 0.4) is 0 Å². The van der Waals surface area contributed by atoms with Crippen molar-refractivity contribution in [3.63, 3.8) is 0 Å². The van der Waals surface area contributed by atoms with Crippen LogP contribution in [0.1, 0.15) is 31.2 Å². The Bertz CT molecular complexity index is 966. The molecule has 3 N–H and O–H groups in total. The molecular weight excluding hydrogens is 384 g/mol. The molecule has 154 valence electrons. The first-order valence-electron chi connectivity index (χ1n) is 8.62. The fraction of sp³-hybridized carbons (Fsp3) is 0.300. The summed E-state index contributed by atoms with van der Waals surface area (Å²) >= 11 is 0. The van der Waals surface area contributed by atoms with E-state index in [1.165, 1.54) is 26.2 Å². The van der Waals surface area contributed by atoms with Crippen LogP contribution in [0, 0.1) is 0 Å². The molecule has 29 heavy (non-hydrogen) atoms. The lowest BCUT2D eigenvalue weighted by atomic mass is 9.79. The van der Waals surface area contributed by atoms with E-state index in [1.807, 2.05) is 0 Å². The quantitative estimate of drug-likeness (QED) is 0.442. The van der Waals surface area contributed by atoms with Gasteiger partial charge in [-0.2, -0.15) is 0 Å². The van der Waals surface area contributed by atoms with E-state index in [0.717, 1.165) is 0 Å². The van der Waals surface area contributed by atoms with Crippen molar-refractivity contribution in [1.82, 2.24) is 0 Å². The Morgan fingerprint density at radius 1 is 1.03 bits per heavy atom. The summed E-state index contributed by atoms with van der Waals surface area (Å²) in [6, 6.07) is 9.33. The molecule has 2 aromatic rings. The van der Waals surface area contributed by atoms with Crippen molar-refractivity contribution in [2.45, 2.75) is 31.3 Å². The average molecular weight is 404 g/mol. The first kappa shape index (κ1) is 21.8. The molecule has 0 fully saturated rings. The minimum atomic E-state index is -3.03. The van der Waals surface area contributed by atoms with Crippen molar-refractivity contribution in [2.24, 2.45) is 0 Å². The van der Waals surface area contributed by atoms with Crippen molar-refractivity contribution in [1.29, 1.82) is 0 Å². The molecule has 0 heterocycles. The second kappa shape index (κ2) is 8.70. The van der Waals surface area contributed by atoms with E-state index in [1.54, 1.807) is 24.3 Å². The summed E-state index contributed by atoms with van der Waals surface area (Å²) in [5.41, 5.74) is -3.04. The Labute approximate surface area is 165 Å². The third-order valence-electron chi connectivity index (χ3n) is 4.41. The molecule has 0 aliphatic heterocycles. The molecule has 0 aromatic heterocycles. The number of carboxylic acid groups (broad SMARTS) is 2. The van der Waals surface area contributed by atoms with Gasteiger partial charge in [-0.1, -0.05) is 31.2 Å². The van der Waals surface area contributed by atoms with Crippen LogP contribution in [-0.4, -0.2) is 51.9 Å². The number of aliphatic carboxylic acids is 2. The third kappa shape index (κ3) is 4.69. The first-order valence-corrected chi connectivity index (χ1v) is 8.62. The third-order valence-corrected chi connectivity index (χ3v) is 4.41. The summed E-state index contributed by atoms with van der Waals surface area (Å²) in [7, 11) is 1.49. The molecular formula is C20H20O9. The highest BCUT2D eigenvalue weighted by molar-refractivity contribution is 5.98. The van der Waals surface area contributed by atoms with Gasteiger partial charge in [-0.25, -0.2) is 4.79 Å². The second-order valence-electron chi connectivity index (χ2n) is 6.35. The summed E-state index contributed by atoms with van der Waals surface area (Å²) in [4.78, 5) is 47.1. The molecule has 0 radical (unpaired) electrons. The standard InChI is InChI=1S/C20H20O9/c1-3-16(23)29-18(24)17(20(27,19(25)26)10-15(21)22)13-5-4-12-9-14(28-2)7-6-11(12)8-13/h4-9,17,27H,3,10H2,1-2H3,(H,21,22)(H,25,26)/t17-,20+/m1/s1. The molecule has 0 amide bonds. The Morgan fingerprint density at radius 3 is 2.21 bits per heavy atom. The highest BCUT2D eigenvalue weighted by atomic mass is 16.6. The van der Waals surface area contributed by atoms with Crippen LogP contribution in [0.4, 0.5) is 0 Å². The molecule has 0 saturated heterocycles. The molecule has 9 nitrogen and oxygen atoms in total. The number of fused-ring (bicyclic) bond motifs is 1. The maximum atomic E-state index is 12.6. The largest absolute Gasteiger partial charge is 0.497 e. The molecule has 2 atom stereocenters. The predicted octanol–water partition coefficient (Wildman–Crippen LogP) is 1.70. The Balaban J connectivity index is 2.63. The summed E-state index contributed by atoms with van der Waals surface area (Å²) in [5.74, 6) is -7.23. The van der Waals surface area contributed by atoms with Gasteiger partial charge in [0.2, 0.25) is 0 Å². The zero-order valence-corrected chi connectivity index (χ0v) is 15.7. The van der Waals surface area contributed by atoms with Crippen LogP contribution < -0.4 is 4.74 Å². The van der Waals surface area contributed by atoms with Crippen LogP contribution >= 0.6 is 0 Å². The second-order valence-corrected chi connectivity index (χ2v) is 6.35. The van der Waals surface area contributed by atoms with Crippen LogP contribution in [0.2, 0.25) is 0 Å². The number of aliphatic hydroxyl groups is 1. The van der Waals surface area contributed by atoms with E-state index in [4.69, 9.17) is 9.84 Å². The Kier molecular flexibility index (Phi) is 6.55. The van der Waals surface area contributed by atoms with E-state index in [9.17, 15) is 29.4 Å². The number of rotatable bonds is 8. The van der Waals surface area contributed by atoms with Crippen molar-refractivity contribution in [3.05, 3.63) is 42.0 Å². The predicted molar refractivity (Wildman–Crippen MR) is 99.5 cm³/mol. The number of hydrogen-bond donors (Lipinski definition) is 3. The molecule has 2 rings (SSSR count). The summed E-state index contributed by atoms with van der Waals surface area (Å²) < 4.78 is 9.76. The molecule has 0 saturated carbocycles. The molecule has 9 heteroatoms. The van der Waals surface area contributed by atoms with Gasteiger partial charge in [-0.3, -0.25) is 14.4 Å². The average Bonchev–Trinajstić information content (AvgIpc) is 2.66. The monoisotopic (exact) mass is 404 g/mol. The molecule has 0 bridgehead atoms. The highest BCUT2D eigenvalue weighted by Crippen LogP contribution is 2.35. The van der Waals surface area contributed by atoms with Crippen molar-refractivity contribution in [3.8, 4) is 5.75 Å². The molecule has 0 unspecified atom stereocenters. The van der Waals surface area contributed by atoms with E-state index in [0.29, 0.717) is 16.5 Å². The van der Waals surface area contributed by atoms with E-state index in [-0.39, 0.29) is 12.0 Å². The number of carbonyl (C=O) groups is 4. The molecule has 0 aliphatic rings. The molecule has 0 spiro atoms. The lowest BCUT2D eigenvalue weighted by Crippen LogP contribution is -2.50. The maximum Gasteiger partial charge on any atom is 0.337 e. The highest BCUT2D eigenvalue weighted by Gasteiger charge is 2.52. The first-order chi connectivity index (χ1) is 13.6. The van der Waals surface area contributed by atoms with E-state index >= 15 is 0 Å². The Morgan fingerprint density at radius 2 is 1.66 bits per heavy atom. The summed E-state index contributed by atoms with van der Waals surface area (Å²) in [5, 5.41) is 30.5. The van der Waals surface area contributed by atoms with Crippen LogP contribution in [0.15, 0.2) is 36.4 Å². The summed E-state index contributed by atoms with van der Waals surface area (Å²) in [6.45, 7) is 1.43. The lowest BCUT2D eigenvalue weighted by Gasteiger charge is -2.29. The minimum Gasteiger partial charge on any atom is -0.497 e. The number of carboxylic acids is 2. The van der Waals surface area contributed by atoms with Crippen molar-refractivity contribution >= 4 is 34.6 Å². The van der Waals surface area contributed by atoms with Crippen molar-refractivity contribution < 1.29 is 44.0 Å². The number of ether oxygens (including phenoxy) is 2. The van der Waals surface area contributed by atoms with Gasteiger partial charge in [0.25, 0.3) is 0 Å². The topological polar surface area (TPSA) is 147 Å². The lowest BCUT2D eigenvalue weighted by molar-refractivity contribution is -0.177. The fourth-order valence-electron chi connectivity index (χ4n) is 2.93. The van der Waals surface area contributed by atoms with Crippen LogP contribution in [-0.2, 0) is 23.9 Å². The number of methoxy groups -OCH3 is 1. The van der Waals surface area contributed by atoms with Gasteiger partial charge in [0.1, 0.15) is 11.7 Å². The van der Waals surface area contributed by atoms with Gasteiger partial charge in [0.15, 0.2) is 5.60 Å². The zero-order valence-electron chi connectivity index (χ0n) is 15.7. The van der Waals surface area contributed by atoms with Gasteiger partial charge >= 0.3 is 23.9 Å². The SMILES string of the molecule is CCC(=O)OC(=O)[C@@H](c1ccc2cc(OC)ccc2c1)[C@@](O)(CC(=O)O)C(=O)O. The number of carbonyl (C=O) groups excluding carboxylic acids is 2. The Hall–Kier alpha value is -3.46. The fourth-order valence-corrected chi connectivity index (χ4v) is 2.93. The number of hydrogen-bond acceptors (Lipinski definition) is 7. The van der Waals surface area contributed by atoms with Crippen LogP contribution in [0.5, 0.6) is 5.75 Å². The smallest absolute Gasteiger partial charge is 0.337 e. The zero-order chi connectivity index (χ0) is 21.8. The normalized spacial score (nSPS) is 13.9. The molecule has 0 aliphatic carbocycles. The number of esters is 2. The van der Waals surface area contributed by atoms with Crippen molar-refractivity contribution in [2.75, 3.05) is 7.11 Å². The van der Waals surface area contributed by atoms with Gasteiger partial charge in [-0.05, 0) is 28.5 Å². The minimum absolute atomic E-state index is 0.0114. The molecule has 2 aromatic carbocycles.